The predicted molar refractivity (Wildman–Crippen MR) is 85.5 cm³/mol. The molecule has 1 nitrogen and oxygen atoms in total. The summed E-state index contributed by atoms with van der Waals surface area (Å²) in [5.41, 5.74) is 0. The standard InChI is InChI=1S/C18H36O/c1-4-6-8-10-11-13-15-18(16-17(3)19)14-12-9-7-5-2/h18H,4-16H2,1-3H3. The molecule has 0 rings (SSSR count). The van der Waals surface area contributed by atoms with E-state index < -0.39 is 0 Å². The quantitative estimate of drug-likeness (QED) is 0.338. The second-order valence-electron chi connectivity index (χ2n) is 6.18. The van der Waals surface area contributed by atoms with E-state index in [1.807, 2.05) is 0 Å². The summed E-state index contributed by atoms with van der Waals surface area (Å²) in [6, 6.07) is 0. The number of Topliss-reactive ketones (excluding diaryl/α,β-unsaturated/α-hetero) is 1. The second kappa shape index (κ2) is 14.1. The van der Waals surface area contributed by atoms with Gasteiger partial charge in [0.05, 0.1) is 0 Å². The first kappa shape index (κ1) is 18.7. The molecule has 19 heavy (non-hydrogen) atoms. The molecular weight excluding hydrogens is 232 g/mol. The Morgan fingerprint density at radius 3 is 1.63 bits per heavy atom. The highest BCUT2D eigenvalue weighted by atomic mass is 16.1. The molecule has 0 aliphatic rings. The lowest BCUT2D eigenvalue weighted by Crippen LogP contribution is -2.06. The zero-order chi connectivity index (χ0) is 14.3. The van der Waals surface area contributed by atoms with Crippen LogP contribution in [0.5, 0.6) is 0 Å². The van der Waals surface area contributed by atoms with E-state index in [1.165, 1.54) is 77.0 Å². The fourth-order valence-electron chi connectivity index (χ4n) is 2.83. The first-order valence-corrected chi connectivity index (χ1v) is 8.70. The van der Waals surface area contributed by atoms with Crippen LogP contribution in [0.2, 0.25) is 0 Å². The van der Waals surface area contributed by atoms with Crippen molar-refractivity contribution in [1.29, 1.82) is 0 Å². The van der Waals surface area contributed by atoms with Crippen molar-refractivity contribution >= 4 is 5.78 Å². The molecule has 0 heterocycles. The summed E-state index contributed by atoms with van der Waals surface area (Å²) in [6.45, 7) is 6.27. The normalized spacial score (nSPS) is 12.6. The average Bonchev–Trinajstić information content (AvgIpc) is 2.37. The smallest absolute Gasteiger partial charge is 0.130 e. The van der Waals surface area contributed by atoms with Gasteiger partial charge in [-0.2, -0.15) is 0 Å². The van der Waals surface area contributed by atoms with Crippen molar-refractivity contribution in [2.75, 3.05) is 0 Å². The topological polar surface area (TPSA) is 17.1 Å². The van der Waals surface area contributed by atoms with Gasteiger partial charge in [-0.1, -0.05) is 90.9 Å². The zero-order valence-electron chi connectivity index (χ0n) is 13.7. The summed E-state index contributed by atoms with van der Waals surface area (Å²) in [7, 11) is 0. The molecule has 1 heteroatoms. The van der Waals surface area contributed by atoms with E-state index in [1.54, 1.807) is 6.92 Å². The fourth-order valence-corrected chi connectivity index (χ4v) is 2.83. The molecular formula is C18H36O. The molecule has 0 aromatic rings. The van der Waals surface area contributed by atoms with Gasteiger partial charge < -0.3 is 4.79 Å². The van der Waals surface area contributed by atoms with E-state index in [4.69, 9.17) is 0 Å². The van der Waals surface area contributed by atoms with Gasteiger partial charge in [0.1, 0.15) is 5.78 Å². The molecule has 0 N–H and O–H groups in total. The molecule has 0 aliphatic heterocycles. The third-order valence-corrected chi connectivity index (χ3v) is 4.01. The van der Waals surface area contributed by atoms with Crippen molar-refractivity contribution in [2.45, 2.75) is 104 Å². The van der Waals surface area contributed by atoms with E-state index in [0.29, 0.717) is 11.7 Å². The van der Waals surface area contributed by atoms with Crippen LogP contribution in [0, 0.1) is 5.92 Å². The van der Waals surface area contributed by atoms with Gasteiger partial charge >= 0.3 is 0 Å². The number of carbonyl (C=O) groups excluding carboxylic acids is 1. The highest BCUT2D eigenvalue weighted by molar-refractivity contribution is 5.75. The van der Waals surface area contributed by atoms with Crippen molar-refractivity contribution in [3.05, 3.63) is 0 Å². The Bertz CT molecular complexity index is 198. The van der Waals surface area contributed by atoms with Crippen LogP contribution in [0.1, 0.15) is 104 Å². The fraction of sp³-hybridized carbons (Fsp3) is 0.944. The van der Waals surface area contributed by atoms with Crippen molar-refractivity contribution in [3.8, 4) is 0 Å². The van der Waals surface area contributed by atoms with E-state index in [-0.39, 0.29) is 0 Å². The lowest BCUT2D eigenvalue weighted by molar-refractivity contribution is -0.118. The van der Waals surface area contributed by atoms with Gasteiger partial charge in [-0.3, -0.25) is 0 Å². The van der Waals surface area contributed by atoms with E-state index in [2.05, 4.69) is 13.8 Å². The van der Waals surface area contributed by atoms with Crippen LogP contribution < -0.4 is 0 Å². The van der Waals surface area contributed by atoms with Crippen LogP contribution in [-0.2, 0) is 4.79 Å². The molecule has 0 aromatic carbocycles. The van der Waals surface area contributed by atoms with Crippen molar-refractivity contribution in [1.82, 2.24) is 0 Å². The lowest BCUT2D eigenvalue weighted by Gasteiger charge is -2.15. The minimum atomic E-state index is 0.381. The molecule has 0 radical (unpaired) electrons. The van der Waals surface area contributed by atoms with Gasteiger partial charge in [-0.25, -0.2) is 0 Å². The van der Waals surface area contributed by atoms with Gasteiger partial charge in [0.15, 0.2) is 0 Å². The summed E-state index contributed by atoms with van der Waals surface area (Å²) in [5, 5.41) is 0. The first-order valence-electron chi connectivity index (χ1n) is 8.70. The van der Waals surface area contributed by atoms with Gasteiger partial charge in [0.2, 0.25) is 0 Å². The van der Waals surface area contributed by atoms with Crippen LogP contribution in [0.25, 0.3) is 0 Å². The maximum Gasteiger partial charge on any atom is 0.130 e. The summed E-state index contributed by atoms with van der Waals surface area (Å²) < 4.78 is 0. The Balaban J connectivity index is 3.64. The van der Waals surface area contributed by atoms with Crippen LogP contribution in [-0.4, -0.2) is 5.78 Å². The largest absolute Gasteiger partial charge is 0.300 e. The SMILES string of the molecule is CCCCCCCCC(CCCCCC)CC(C)=O. The summed E-state index contributed by atoms with van der Waals surface area (Å²) in [5.74, 6) is 1.05. The van der Waals surface area contributed by atoms with Gasteiger partial charge in [0, 0.05) is 6.42 Å². The van der Waals surface area contributed by atoms with E-state index >= 15 is 0 Å². The first-order chi connectivity index (χ1) is 9.20. The Hall–Kier alpha value is -0.330. The molecule has 1 atom stereocenters. The average molecular weight is 268 g/mol. The molecule has 0 saturated heterocycles. The Morgan fingerprint density at radius 2 is 1.16 bits per heavy atom. The summed E-state index contributed by atoms with van der Waals surface area (Å²) in [6.07, 6.45) is 16.9. The molecule has 0 aromatic heterocycles. The number of ketones is 1. The predicted octanol–water partition coefficient (Wildman–Crippen LogP) is 6.30. The maximum atomic E-state index is 11.3. The number of hydrogen-bond donors (Lipinski definition) is 0. The third kappa shape index (κ3) is 13.9. The molecule has 1 unspecified atom stereocenters. The summed E-state index contributed by atoms with van der Waals surface area (Å²) >= 11 is 0. The number of carbonyl (C=O) groups is 1. The molecule has 0 saturated carbocycles. The van der Waals surface area contributed by atoms with Crippen molar-refractivity contribution in [2.24, 2.45) is 5.92 Å². The van der Waals surface area contributed by atoms with Crippen LogP contribution >= 0.6 is 0 Å². The van der Waals surface area contributed by atoms with Crippen molar-refractivity contribution < 1.29 is 4.79 Å². The van der Waals surface area contributed by atoms with Crippen LogP contribution in [0.3, 0.4) is 0 Å². The molecule has 114 valence electrons. The van der Waals surface area contributed by atoms with Crippen molar-refractivity contribution in [3.63, 3.8) is 0 Å². The van der Waals surface area contributed by atoms with Gasteiger partial charge in [-0.15, -0.1) is 0 Å². The Labute approximate surface area is 121 Å². The Kier molecular flexibility index (Phi) is 13.8. The highest BCUT2D eigenvalue weighted by Crippen LogP contribution is 2.22. The maximum absolute atomic E-state index is 11.3. The van der Waals surface area contributed by atoms with Gasteiger partial charge in [-0.05, 0) is 12.8 Å². The zero-order valence-corrected chi connectivity index (χ0v) is 13.7. The molecule has 0 aliphatic carbocycles. The highest BCUT2D eigenvalue weighted by Gasteiger charge is 2.10. The van der Waals surface area contributed by atoms with Crippen LogP contribution in [0.15, 0.2) is 0 Å². The molecule has 0 spiro atoms. The molecule has 0 fully saturated rings. The lowest BCUT2D eigenvalue weighted by atomic mass is 9.90. The summed E-state index contributed by atoms with van der Waals surface area (Å²) in [4.78, 5) is 11.3. The van der Waals surface area contributed by atoms with E-state index in [0.717, 1.165) is 6.42 Å². The number of unbranched alkanes of at least 4 members (excludes halogenated alkanes) is 8. The Morgan fingerprint density at radius 1 is 0.737 bits per heavy atom. The second-order valence-corrected chi connectivity index (χ2v) is 6.18. The van der Waals surface area contributed by atoms with E-state index in [9.17, 15) is 4.79 Å². The molecule has 0 bridgehead atoms. The minimum absolute atomic E-state index is 0.381. The molecule has 0 amide bonds. The van der Waals surface area contributed by atoms with Crippen LogP contribution in [0.4, 0.5) is 0 Å². The third-order valence-electron chi connectivity index (χ3n) is 4.01. The monoisotopic (exact) mass is 268 g/mol. The number of rotatable bonds is 14. The minimum Gasteiger partial charge on any atom is -0.300 e. The van der Waals surface area contributed by atoms with Gasteiger partial charge in [0.25, 0.3) is 0 Å². The number of hydrogen-bond acceptors (Lipinski definition) is 1.